The van der Waals surface area contributed by atoms with E-state index in [0.29, 0.717) is 0 Å². The molecule has 0 aliphatic carbocycles. The number of benzene rings is 1. The van der Waals surface area contributed by atoms with E-state index in [9.17, 15) is 0 Å². The molecule has 5 heteroatoms. The predicted molar refractivity (Wildman–Crippen MR) is 79.5 cm³/mol. The van der Waals surface area contributed by atoms with Gasteiger partial charge in [-0.1, -0.05) is 31.9 Å². The summed E-state index contributed by atoms with van der Waals surface area (Å²) in [6.07, 6.45) is 1.78. The van der Waals surface area contributed by atoms with Gasteiger partial charge in [-0.15, -0.1) is 0 Å². The molecule has 0 aliphatic heterocycles. The van der Waals surface area contributed by atoms with Crippen molar-refractivity contribution in [1.82, 2.24) is 15.0 Å². The average molecular weight is 367 g/mol. The Labute approximate surface area is 121 Å². The lowest BCUT2D eigenvalue weighted by molar-refractivity contribution is 1.30. The predicted octanol–water partition coefficient (Wildman–Crippen LogP) is 4.46. The molecule has 0 unspecified atom stereocenters. The Bertz CT molecular complexity index is 714. The molecule has 2 heterocycles. The molecule has 0 bridgehead atoms. The van der Waals surface area contributed by atoms with E-state index in [1.807, 2.05) is 31.2 Å². The second kappa shape index (κ2) is 4.48. The van der Waals surface area contributed by atoms with Crippen LogP contribution in [-0.4, -0.2) is 15.0 Å². The minimum Gasteiger partial charge on any atom is -0.336 e. The first-order chi connectivity index (χ1) is 8.63. The summed E-state index contributed by atoms with van der Waals surface area (Å²) in [7, 11) is 0. The van der Waals surface area contributed by atoms with Gasteiger partial charge in [0.1, 0.15) is 5.82 Å². The number of nitrogens with zero attached hydrogens (tertiary/aromatic N) is 2. The summed E-state index contributed by atoms with van der Waals surface area (Å²) in [5.74, 6) is 0.828. The van der Waals surface area contributed by atoms with Crippen LogP contribution in [-0.2, 0) is 0 Å². The van der Waals surface area contributed by atoms with Gasteiger partial charge in [-0.05, 0) is 36.8 Å². The smallest absolute Gasteiger partial charge is 0.178 e. The molecule has 3 aromatic rings. The first kappa shape index (κ1) is 11.9. The van der Waals surface area contributed by atoms with Gasteiger partial charge in [0, 0.05) is 20.7 Å². The molecular formula is C13H9Br2N3. The van der Waals surface area contributed by atoms with Gasteiger partial charge in [-0.25, -0.2) is 9.97 Å². The summed E-state index contributed by atoms with van der Waals surface area (Å²) in [5, 5.41) is 0. The number of imidazole rings is 1. The van der Waals surface area contributed by atoms with Crippen molar-refractivity contribution in [3.8, 4) is 11.4 Å². The van der Waals surface area contributed by atoms with Crippen LogP contribution in [0.1, 0.15) is 5.56 Å². The van der Waals surface area contributed by atoms with Crippen molar-refractivity contribution in [1.29, 1.82) is 0 Å². The maximum absolute atomic E-state index is 4.52. The molecule has 0 fully saturated rings. The number of hydrogen-bond acceptors (Lipinski definition) is 2. The number of nitrogens with one attached hydrogen (secondary N) is 1. The lowest BCUT2D eigenvalue weighted by Gasteiger charge is -1.99. The van der Waals surface area contributed by atoms with Crippen LogP contribution in [0, 0.1) is 6.92 Å². The largest absolute Gasteiger partial charge is 0.336 e. The molecule has 2 aromatic heterocycles. The minimum atomic E-state index is 0.751. The molecular weight excluding hydrogens is 358 g/mol. The molecule has 3 nitrogen and oxygen atoms in total. The summed E-state index contributed by atoms with van der Waals surface area (Å²) < 4.78 is 2.02. The van der Waals surface area contributed by atoms with E-state index < -0.39 is 0 Å². The number of fused-ring (bicyclic) bond motifs is 1. The molecule has 0 spiro atoms. The van der Waals surface area contributed by atoms with Crippen LogP contribution in [0.3, 0.4) is 0 Å². The fraction of sp³-hybridized carbons (Fsp3) is 0.0769. The summed E-state index contributed by atoms with van der Waals surface area (Å²) in [6.45, 7) is 2.04. The molecule has 1 N–H and O–H groups in total. The van der Waals surface area contributed by atoms with Crippen molar-refractivity contribution in [2.45, 2.75) is 6.92 Å². The van der Waals surface area contributed by atoms with Gasteiger partial charge >= 0.3 is 0 Å². The number of rotatable bonds is 1. The highest BCUT2D eigenvalue weighted by atomic mass is 79.9. The van der Waals surface area contributed by atoms with Gasteiger partial charge < -0.3 is 4.98 Å². The number of aromatic nitrogens is 3. The molecule has 18 heavy (non-hydrogen) atoms. The molecule has 0 saturated carbocycles. The Morgan fingerprint density at radius 3 is 2.50 bits per heavy atom. The highest BCUT2D eigenvalue weighted by Crippen LogP contribution is 2.27. The van der Waals surface area contributed by atoms with Gasteiger partial charge in [0.05, 0.1) is 5.52 Å². The fourth-order valence-corrected chi connectivity index (χ4v) is 3.16. The Morgan fingerprint density at radius 1 is 1.11 bits per heavy atom. The summed E-state index contributed by atoms with van der Waals surface area (Å²) >= 11 is 6.96. The number of aryl methyl sites for hydroxylation is 1. The topological polar surface area (TPSA) is 41.6 Å². The highest BCUT2D eigenvalue weighted by molar-refractivity contribution is 9.11. The number of aromatic amines is 1. The van der Waals surface area contributed by atoms with E-state index in [0.717, 1.165) is 37.1 Å². The zero-order valence-corrected chi connectivity index (χ0v) is 12.7. The van der Waals surface area contributed by atoms with Crippen molar-refractivity contribution in [2.75, 3.05) is 0 Å². The van der Waals surface area contributed by atoms with Gasteiger partial charge in [-0.3, -0.25) is 0 Å². The lowest BCUT2D eigenvalue weighted by Crippen LogP contribution is -1.81. The summed E-state index contributed by atoms with van der Waals surface area (Å²) in [6, 6.07) is 8.02. The van der Waals surface area contributed by atoms with Crippen LogP contribution >= 0.6 is 31.9 Å². The zero-order valence-electron chi connectivity index (χ0n) is 9.54. The van der Waals surface area contributed by atoms with Gasteiger partial charge in [0.2, 0.25) is 0 Å². The molecule has 0 amide bonds. The van der Waals surface area contributed by atoms with Gasteiger partial charge in [-0.2, -0.15) is 0 Å². The third-order valence-electron chi connectivity index (χ3n) is 2.74. The maximum Gasteiger partial charge on any atom is 0.178 e. The molecule has 1 aromatic carbocycles. The monoisotopic (exact) mass is 365 g/mol. The number of halogens is 2. The molecule has 0 aliphatic rings. The Morgan fingerprint density at radius 2 is 1.83 bits per heavy atom. The van der Waals surface area contributed by atoms with Crippen LogP contribution in [0.2, 0.25) is 0 Å². The fourth-order valence-electron chi connectivity index (χ4n) is 1.86. The Kier molecular flexibility index (Phi) is 2.95. The van der Waals surface area contributed by atoms with E-state index in [-0.39, 0.29) is 0 Å². The normalized spacial score (nSPS) is 11.1. The molecule has 0 saturated heterocycles. The average Bonchev–Trinajstić information content (AvgIpc) is 2.73. The van der Waals surface area contributed by atoms with E-state index in [4.69, 9.17) is 0 Å². The van der Waals surface area contributed by atoms with Crippen molar-refractivity contribution < 1.29 is 0 Å². The van der Waals surface area contributed by atoms with E-state index in [1.165, 1.54) is 0 Å². The van der Waals surface area contributed by atoms with Crippen LogP contribution < -0.4 is 0 Å². The van der Waals surface area contributed by atoms with Crippen molar-refractivity contribution in [3.63, 3.8) is 0 Å². The molecule has 0 atom stereocenters. The number of pyridine rings is 1. The van der Waals surface area contributed by atoms with Gasteiger partial charge in [0.15, 0.2) is 5.65 Å². The number of H-pyrrole nitrogens is 1. The number of hydrogen-bond donors (Lipinski definition) is 1. The summed E-state index contributed by atoms with van der Waals surface area (Å²) in [5.41, 5.74) is 3.91. The van der Waals surface area contributed by atoms with Crippen LogP contribution in [0.25, 0.3) is 22.6 Å². The zero-order chi connectivity index (χ0) is 12.7. The van der Waals surface area contributed by atoms with Crippen LogP contribution in [0.4, 0.5) is 0 Å². The van der Waals surface area contributed by atoms with E-state index >= 15 is 0 Å². The van der Waals surface area contributed by atoms with Crippen LogP contribution in [0.5, 0.6) is 0 Å². The molecule has 3 rings (SSSR count). The van der Waals surface area contributed by atoms with Crippen LogP contribution in [0.15, 0.2) is 39.4 Å². The first-order valence-electron chi connectivity index (χ1n) is 5.41. The Hall–Kier alpha value is -1.20. The molecule has 0 radical (unpaired) electrons. The van der Waals surface area contributed by atoms with E-state index in [2.05, 4.69) is 46.8 Å². The third-order valence-corrected chi connectivity index (χ3v) is 3.65. The quantitative estimate of drug-likeness (QED) is 0.690. The van der Waals surface area contributed by atoms with E-state index in [1.54, 1.807) is 6.20 Å². The second-order valence-electron chi connectivity index (χ2n) is 4.07. The SMILES string of the molecule is Cc1ccnc2nc(-c3cc(Br)cc(Br)c3)[nH]c12. The second-order valence-corrected chi connectivity index (χ2v) is 5.90. The third kappa shape index (κ3) is 2.08. The first-order valence-corrected chi connectivity index (χ1v) is 7.00. The van der Waals surface area contributed by atoms with Crippen molar-refractivity contribution in [3.05, 3.63) is 45.0 Å². The van der Waals surface area contributed by atoms with Crippen molar-refractivity contribution in [2.24, 2.45) is 0 Å². The standard InChI is InChI=1S/C13H9Br2N3/c1-7-2-3-16-13-11(7)17-12(18-13)8-4-9(14)6-10(15)5-8/h2-6H,1H3,(H,16,17,18). The lowest BCUT2D eigenvalue weighted by atomic mass is 10.2. The minimum absolute atomic E-state index is 0.751. The maximum atomic E-state index is 4.52. The van der Waals surface area contributed by atoms with Gasteiger partial charge in [0.25, 0.3) is 0 Å². The molecule has 90 valence electrons. The van der Waals surface area contributed by atoms with Crippen molar-refractivity contribution >= 4 is 43.0 Å². The Balaban J connectivity index is 2.22. The summed E-state index contributed by atoms with van der Waals surface area (Å²) in [4.78, 5) is 12.1. The highest BCUT2D eigenvalue weighted by Gasteiger charge is 2.08.